The van der Waals surface area contributed by atoms with E-state index in [9.17, 15) is 4.79 Å². The van der Waals surface area contributed by atoms with Crippen LogP contribution >= 0.6 is 15.9 Å². The highest BCUT2D eigenvalue weighted by Gasteiger charge is 2.22. The van der Waals surface area contributed by atoms with Crippen molar-refractivity contribution in [2.45, 2.75) is 18.9 Å². The number of likely N-dealkylation sites (tertiary alicyclic amines) is 1. The van der Waals surface area contributed by atoms with Crippen LogP contribution in [0.4, 0.5) is 11.4 Å². The summed E-state index contributed by atoms with van der Waals surface area (Å²) in [5.41, 5.74) is 7.13. The molecule has 0 radical (unpaired) electrons. The number of anilines is 2. The Bertz CT molecular complexity index is 506. The zero-order valence-electron chi connectivity index (χ0n) is 12.6. The number of hydrogen-bond donors (Lipinski definition) is 2. The Kier molecular flexibility index (Phi) is 5.61. The molecule has 1 amide bonds. The number of amides is 1. The van der Waals surface area contributed by atoms with E-state index in [1.165, 1.54) is 6.42 Å². The molecule has 1 aliphatic rings. The summed E-state index contributed by atoms with van der Waals surface area (Å²) in [6.07, 6.45) is 2.34. The normalized spacial score (nSPS) is 19.7. The van der Waals surface area contributed by atoms with Crippen LogP contribution in [0.2, 0.25) is 0 Å². The first-order chi connectivity index (χ1) is 9.95. The van der Waals surface area contributed by atoms with Gasteiger partial charge in [0.1, 0.15) is 0 Å². The Morgan fingerprint density at radius 1 is 1.52 bits per heavy atom. The van der Waals surface area contributed by atoms with Gasteiger partial charge in [0.25, 0.3) is 0 Å². The van der Waals surface area contributed by atoms with Crippen molar-refractivity contribution in [2.24, 2.45) is 0 Å². The standard InChI is InChI=1S/C15H23BrN4O/c1-19(2)12-4-3-7-20(9-12)10-15(21)18-14-6-5-11(17)8-13(14)16/h5-6,8,12H,3-4,7,9-10,17H2,1-2H3,(H,18,21). The molecule has 1 aromatic rings. The van der Waals surface area contributed by atoms with E-state index in [1.54, 1.807) is 12.1 Å². The Balaban J connectivity index is 1.89. The summed E-state index contributed by atoms with van der Waals surface area (Å²) >= 11 is 3.41. The zero-order valence-corrected chi connectivity index (χ0v) is 14.2. The number of hydrogen-bond acceptors (Lipinski definition) is 4. The molecule has 0 spiro atoms. The molecule has 3 N–H and O–H groups in total. The molecule has 0 saturated carbocycles. The monoisotopic (exact) mass is 354 g/mol. The van der Waals surface area contributed by atoms with Gasteiger partial charge < -0.3 is 16.0 Å². The van der Waals surface area contributed by atoms with Gasteiger partial charge in [-0.2, -0.15) is 0 Å². The number of nitrogens with zero attached hydrogens (tertiary/aromatic N) is 2. The molecule has 1 atom stereocenters. The first-order valence-corrected chi connectivity index (χ1v) is 7.98. The van der Waals surface area contributed by atoms with Gasteiger partial charge in [0.05, 0.1) is 12.2 Å². The van der Waals surface area contributed by atoms with Crippen molar-refractivity contribution in [1.82, 2.24) is 9.80 Å². The van der Waals surface area contributed by atoms with Gasteiger partial charge in [-0.1, -0.05) is 0 Å². The number of rotatable bonds is 4. The van der Waals surface area contributed by atoms with E-state index >= 15 is 0 Å². The predicted octanol–water partition coefficient (Wildman–Crippen LogP) is 2.00. The molecule has 1 unspecified atom stereocenters. The number of carbonyl (C=O) groups is 1. The molecule has 1 fully saturated rings. The van der Waals surface area contributed by atoms with Crippen LogP contribution in [0.3, 0.4) is 0 Å². The Morgan fingerprint density at radius 2 is 2.29 bits per heavy atom. The minimum atomic E-state index is 0.0138. The third-order valence-electron chi connectivity index (χ3n) is 3.85. The van der Waals surface area contributed by atoms with E-state index in [4.69, 9.17) is 5.73 Å². The molecule has 1 saturated heterocycles. The lowest BCUT2D eigenvalue weighted by Gasteiger charge is -2.35. The average molecular weight is 355 g/mol. The molecular weight excluding hydrogens is 332 g/mol. The predicted molar refractivity (Wildman–Crippen MR) is 90.3 cm³/mol. The Hall–Kier alpha value is -1.11. The number of benzene rings is 1. The fourth-order valence-electron chi connectivity index (χ4n) is 2.62. The van der Waals surface area contributed by atoms with Crippen LogP contribution in [0.1, 0.15) is 12.8 Å². The molecule has 116 valence electrons. The van der Waals surface area contributed by atoms with Crippen molar-refractivity contribution in [3.63, 3.8) is 0 Å². The number of halogens is 1. The zero-order chi connectivity index (χ0) is 15.4. The highest BCUT2D eigenvalue weighted by Crippen LogP contribution is 2.24. The van der Waals surface area contributed by atoms with E-state index < -0.39 is 0 Å². The second kappa shape index (κ2) is 7.24. The van der Waals surface area contributed by atoms with E-state index in [0.717, 1.165) is 29.7 Å². The molecule has 1 heterocycles. The van der Waals surface area contributed by atoms with Gasteiger partial charge in [-0.25, -0.2) is 0 Å². The van der Waals surface area contributed by atoms with Crippen LogP contribution in [0.15, 0.2) is 22.7 Å². The van der Waals surface area contributed by atoms with E-state index in [1.807, 2.05) is 6.07 Å². The van der Waals surface area contributed by atoms with Crippen LogP contribution in [0, 0.1) is 0 Å². The van der Waals surface area contributed by atoms with E-state index in [0.29, 0.717) is 18.3 Å². The van der Waals surface area contributed by atoms with Gasteiger partial charge in [-0.3, -0.25) is 9.69 Å². The summed E-state index contributed by atoms with van der Waals surface area (Å²) in [6.45, 7) is 2.37. The minimum Gasteiger partial charge on any atom is -0.399 e. The third-order valence-corrected chi connectivity index (χ3v) is 4.50. The van der Waals surface area contributed by atoms with Gasteiger partial charge in [0, 0.05) is 22.7 Å². The molecule has 1 aliphatic heterocycles. The first-order valence-electron chi connectivity index (χ1n) is 7.19. The summed E-state index contributed by atoms with van der Waals surface area (Å²) in [4.78, 5) is 16.6. The maximum atomic E-state index is 12.2. The third kappa shape index (κ3) is 4.69. The quantitative estimate of drug-likeness (QED) is 0.811. The van der Waals surface area contributed by atoms with Gasteiger partial charge in [0.15, 0.2) is 0 Å². The molecule has 5 nitrogen and oxygen atoms in total. The summed E-state index contributed by atoms with van der Waals surface area (Å²) in [7, 11) is 4.19. The second-order valence-corrected chi connectivity index (χ2v) is 6.64. The second-order valence-electron chi connectivity index (χ2n) is 5.78. The van der Waals surface area contributed by atoms with Crippen molar-refractivity contribution in [1.29, 1.82) is 0 Å². The average Bonchev–Trinajstić information content (AvgIpc) is 2.42. The van der Waals surface area contributed by atoms with Crippen molar-refractivity contribution >= 4 is 33.2 Å². The van der Waals surface area contributed by atoms with Crippen molar-refractivity contribution in [3.8, 4) is 0 Å². The fraction of sp³-hybridized carbons (Fsp3) is 0.533. The lowest BCUT2D eigenvalue weighted by molar-refractivity contribution is -0.117. The summed E-state index contributed by atoms with van der Waals surface area (Å²) in [5.74, 6) is 0.0138. The van der Waals surface area contributed by atoms with E-state index in [-0.39, 0.29) is 5.91 Å². The van der Waals surface area contributed by atoms with Crippen molar-refractivity contribution < 1.29 is 4.79 Å². The van der Waals surface area contributed by atoms with Crippen LogP contribution in [-0.2, 0) is 4.79 Å². The van der Waals surface area contributed by atoms with Gasteiger partial charge >= 0.3 is 0 Å². The van der Waals surface area contributed by atoms with Crippen molar-refractivity contribution in [3.05, 3.63) is 22.7 Å². The lowest BCUT2D eigenvalue weighted by atomic mass is 10.1. The van der Waals surface area contributed by atoms with E-state index in [2.05, 4.69) is 45.1 Å². The Morgan fingerprint density at radius 3 is 2.95 bits per heavy atom. The number of nitrogens with one attached hydrogen (secondary N) is 1. The number of nitrogen functional groups attached to an aromatic ring is 1. The maximum absolute atomic E-state index is 12.2. The molecule has 2 rings (SSSR count). The number of piperidine rings is 1. The summed E-state index contributed by atoms with van der Waals surface area (Å²) < 4.78 is 0.806. The van der Waals surface area contributed by atoms with Crippen molar-refractivity contribution in [2.75, 3.05) is 44.8 Å². The SMILES string of the molecule is CN(C)C1CCCN(CC(=O)Nc2ccc(N)cc2Br)C1. The topological polar surface area (TPSA) is 61.6 Å². The summed E-state index contributed by atoms with van der Waals surface area (Å²) in [6, 6.07) is 5.92. The first kappa shape index (κ1) is 16.3. The molecule has 1 aromatic carbocycles. The maximum Gasteiger partial charge on any atom is 0.238 e. The molecule has 6 heteroatoms. The smallest absolute Gasteiger partial charge is 0.238 e. The van der Waals surface area contributed by atoms with Gasteiger partial charge in [-0.05, 0) is 67.6 Å². The number of nitrogens with two attached hydrogens (primary N) is 1. The highest BCUT2D eigenvalue weighted by atomic mass is 79.9. The molecule has 0 aromatic heterocycles. The van der Waals surface area contributed by atoms with Crippen LogP contribution < -0.4 is 11.1 Å². The molecule has 0 aliphatic carbocycles. The number of likely N-dealkylation sites (N-methyl/N-ethyl adjacent to an activating group) is 1. The van der Waals surface area contributed by atoms with Crippen LogP contribution in [0.25, 0.3) is 0 Å². The largest absolute Gasteiger partial charge is 0.399 e. The Labute approximate surface area is 134 Å². The van der Waals surface area contributed by atoms with Gasteiger partial charge in [0.2, 0.25) is 5.91 Å². The molecule has 0 bridgehead atoms. The van der Waals surface area contributed by atoms with Gasteiger partial charge in [-0.15, -0.1) is 0 Å². The highest BCUT2D eigenvalue weighted by molar-refractivity contribution is 9.10. The summed E-state index contributed by atoms with van der Waals surface area (Å²) in [5, 5.41) is 2.93. The molecule has 21 heavy (non-hydrogen) atoms. The fourth-order valence-corrected chi connectivity index (χ4v) is 3.12. The minimum absolute atomic E-state index is 0.0138. The molecular formula is C15H23BrN4O. The van der Waals surface area contributed by atoms with Crippen LogP contribution in [0.5, 0.6) is 0 Å². The van der Waals surface area contributed by atoms with Crippen LogP contribution in [-0.4, -0.2) is 55.5 Å². The number of carbonyl (C=O) groups excluding carboxylic acids is 1. The lowest BCUT2D eigenvalue weighted by Crippen LogP contribution is -2.47.